The first-order valence-corrected chi connectivity index (χ1v) is 13.0. The maximum atomic E-state index is 6.39. The molecule has 1 fully saturated rings. The number of pyridine rings is 1. The first-order chi connectivity index (χ1) is 17.2. The molecule has 2 aromatic heterocycles. The fourth-order valence-electron chi connectivity index (χ4n) is 4.26. The van der Waals surface area contributed by atoms with Crippen LogP contribution in [-0.4, -0.2) is 28.1 Å². The van der Waals surface area contributed by atoms with Gasteiger partial charge in [0.1, 0.15) is 11.8 Å². The standard InChI is InChI=1S/C28H28N4OS2/c1-20-11-13-22(14-12-20)35-25-16-15-24(33-25)27-26(23-10-5-6-17-30-23)31-28(34)32(27)19-7-18-29-21-8-3-2-4-9-21/h2-6,8-17,26-27,29H,7,18-19H2,1H3,(H,31,34)/t26-,27+/m0/s1. The van der Waals surface area contributed by atoms with Gasteiger partial charge in [0.2, 0.25) is 0 Å². The predicted octanol–water partition coefficient (Wildman–Crippen LogP) is 6.61. The van der Waals surface area contributed by atoms with Crippen molar-refractivity contribution in [3.8, 4) is 0 Å². The van der Waals surface area contributed by atoms with Gasteiger partial charge in [-0.1, -0.05) is 53.7 Å². The molecule has 2 atom stereocenters. The number of aromatic nitrogens is 1. The van der Waals surface area contributed by atoms with E-state index in [1.54, 1.807) is 11.8 Å². The van der Waals surface area contributed by atoms with Crippen molar-refractivity contribution in [1.29, 1.82) is 0 Å². The second-order valence-electron chi connectivity index (χ2n) is 8.54. The SMILES string of the molecule is Cc1ccc(Sc2ccc([C@@H]3[C@H](c4ccccn4)NC(=S)N3CCCNc3ccccc3)o2)cc1. The monoisotopic (exact) mass is 500 g/mol. The second kappa shape index (κ2) is 11.0. The molecule has 2 N–H and O–H groups in total. The lowest BCUT2D eigenvalue weighted by Crippen LogP contribution is -2.31. The van der Waals surface area contributed by atoms with Crippen molar-refractivity contribution in [2.75, 3.05) is 18.4 Å². The number of thiocarbonyl (C=S) groups is 1. The first-order valence-electron chi connectivity index (χ1n) is 11.8. The van der Waals surface area contributed by atoms with Gasteiger partial charge in [-0.3, -0.25) is 4.98 Å². The molecule has 0 saturated carbocycles. The van der Waals surface area contributed by atoms with Crippen LogP contribution in [0.5, 0.6) is 0 Å². The van der Waals surface area contributed by atoms with Crippen molar-refractivity contribution in [3.05, 3.63) is 108 Å². The second-order valence-corrected chi connectivity index (χ2v) is 10.0. The molecule has 7 heteroatoms. The largest absolute Gasteiger partial charge is 0.452 e. The van der Waals surface area contributed by atoms with E-state index in [1.807, 2.05) is 48.7 Å². The Balaban J connectivity index is 1.33. The number of benzene rings is 2. The molecule has 5 rings (SSSR count). The summed E-state index contributed by atoms with van der Waals surface area (Å²) in [6.45, 7) is 3.76. The van der Waals surface area contributed by atoms with Gasteiger partial charge in [0, 0.05) is 29.9 Å². The van der Waals surface area contributed by atoms with Crippen molar-refractivity contribution in [2.45, 2.75) is 35.4 Å². The quantitative estimate of drug-likeness (QED) is 0.198. The third-order valence-electron chi connectivity index (χ3n) is 6.01. The van der Waals surface area contributed by atoms with Gasteiger partial charge in [-0.25, -0.2) is 0 Å². The summed E-state index contributed by atoms with van der Waals surface area (Å²) >= 11 is 7.41. The van der Waals surface area contributed by atoms with Crippen LogP contribution in [0.25, 0.3) is 0 Å². The van der Waals surface area contributed by atoms with Gasteiger partial charge >= 0.3 is 0 Å². The Kier molecular flexibility index (Phi) is 7.35. The highest BCUT2D eigenvalue weighted by atomic mass is 32.2. The maximum Gasteiger partial charge on any atom is 0.170 e. The lowest BCUT2D eigenvalue weighted by atomic mass is 10.0. The normalized spacial score (nSPS) is 17.4. The van der Waals surface area contributed by atoms with E-state index in [1.165, 1.54) is 5.56 Å². The number of hydrogen-bond donors (Lipinski definition) is 2. The minimum Gasteiger partial charge on any atom is -0.452 e. The molecular weight excluding hydrogens is 472 g/mol. The number of furan rings is 1. The Hall–Kier alpha value is -3.29. The maximum absolute atomic E-state index is 6.39. The third kappa shape index (κ3) is 5.69. The Bertz CT molecular complexity index is 1240. The number of nitrogens with one attached hydrogen (secondary N) is 2. The zero-order valence-electron chi connectivity index (χ0n) is 19.6. The van der Waals surface area contributed by atoms with Gasteiger partial charge in [-0.2, -0.15) is 0 Å². The highest BCUT2D eigenvalue weighted by Crippen LogP contribution is 2.41. The molecular formula is C28H28N4OS2. The Morgan fingerprint density at radius 1 is 1.00 bits per heavy atom. The molecule has 1 aliphatic heterocycles. The van der Waals surface area contributed by atoms with Crippen LogP contribution in [0.15, 0.2) is 106 Å². The molecule has 35 heavy (non-hydrogen) atoms. The molecule has 0 unspecified atom stereocenters. The third-order valence-corrected chi connectivity index (χ3v) is 7.29. The number of nitrogens with zero attached hydrogens (tertiary/aromatic N) is 2. The van der Waals surface area contributed by atoms with Crippen molar-refractivity contribution in [1.82, 2.24) is 15.2 Å². The summed E-state index contributed by atoms with van der Waals surface area (Å²) in [7, 11) is 0. The number of hydrogen-bond acceptors (Lipinski definition) is 5. The number of rotatable bonds is 9. The van der Waals surface area contributed by atoms with Crippen LogP contribution in [0.4, 0.5) is 5.69 Å². The van der Waals surface area contributed by atoms with Crippen molar-refractivity contribution in [2.24, 2.45) is 0 Å². The summed E-state index contributed by atoms with van der Waals surface area (Å²) in [5, 5.41) is 8.59. The van der Waals surface area contributed by atoms with Gasteiger partial charge in [0.25, 0.3) is 0 Å². The van der Waals surface area contributed by atoms with Crippen LogP contribution in [0.1, 0.15) is 35.5 Å². The molecule has 2 aromatic carbocycles. The minimum atomic E-state index is -0.0749. The van der Waals surface area contributed by atoms with E-state index in [0.717, 1.165) is 51.8 Å². The highest BCUT2D eigenvalue weighted by Gasteiger charge is 2.41. The smallest absolute Gasteiger partial charge is 0.170 e. The summed E-state index contributed by atoms with van der Waals surface area (Å²) in [6, 6.07) is 28.7. The van der Waals surface area contributed by atoms with Crippen LogP contribution in [0.2, 0.25) is 0 Å². The highest BCUT2D eigenvalue weighted by molar-refractivity contribution is 7.99. The van der Waals surface area contributed by atoms with Crippen molar-refractivity contribution < 1.29 is 4.42 Å². The van der Waals surface area contributed by atoms with Crippen LogP contribution in [-0.2, 0) is 0 Å². The number of anilines is 1. The van der Waals surface area contributed by atoms with E-state index < -0.39 is 0 Å². The molecule has 5 nitrogen and oxygen atoms in total. The van der Waals surface area contributed by atoms with Crippen LogP contribution in [0, 0.1) is 6.92 Å². The van der Waals surface area contributed by atoms with Crippen LogP contribution < -0.4 is 10.6 Å². The van der Waals surface area contributed by atoms with E-state index in [-0.39, 0.29) is 12.1 Å². The lowest BCUT2D eigenvalue weighted by molar-refractivity contribution is 0.259. The Morgan fingerprint density at radius 2 is 1.80 bits per heavy atom. The number of para-hydroxylation sites is 1. The average Bonchev–Trinajstić information content (AvgIpc) is 3.48. The molecule has 0 amide bonds. The van der Waals surface area contributed by atoms with Gasteiger partial charge in [-0.15, -0.1) is 0 Å². The van der Waals surface area contributed by atoms with Crippen molar-refractivity contribution in [3.63, 3.8) is 0 Å². The molecule has 0 aliphatic carbocycles. The van der Waals surface area contributed by atoms with E-state index >= 15 is 0 Å². The summed E-state index contributed by atoms with van der Waals surface area (Å²) < 4.78 is 6.39. The molecule has 0 bridgehead atoms. The molecule has 0 radical (unpaired) electrons. The predicted molar refractivity (Wildman–Crippen MR) is 146 cm³/mol. The summed E-state index contributed by atoms with van der Waals surface area (Å²) in [5.41, 5.74) is 3.32. The summed E-state index contributed by atoms with van der Waals surface area (Å²) in [5.74, 6) is 0.888. The van der Waals surface area contributed by atoms with Gasteiger partial charge in [0.05, 0.1) is 11.7 Å². The topological polar surface area (TPSA) is 53.3 Å². The van der Waals surface area contributed by atoms with Crippen LogP contribution in [0.3, 0.4) is 0 Å². The zero-order chi connectivity index (χ0) is 24.0. The van der Waals surface area contributed by atoms with E-state index in [4.69, 9.17) is 16.6 Å². The average molecular weight is 501 g/mol. The fourth-order valence-corrected chi connectivity index (χ4v) is 5.37. The van der Waals surface area contributed by atoms with E-state index in [2.05, 4.69) is 69.9 Å². The Morgan fingerprint density at radius 3 is 2.57 bits per heavy atom. The van der Waals surface area contributed by atoms with E-state index in [9.17, 15) is 0 Å². The van der Waals surface area contributed by atoms with Gasteiger partial charge in [-0.05, 0) is 74.1 Å². The molecule has 3 heterocycles. The fraction of sp³-hybridized carbons (Fsp3) is 0.214. The first kappa shape index (κ1) is 23.5. The molecule has 178 valence electrons. The zero-order valence-corrected chi connectivity index (χ0v) is 21.2. The lowest BCUT2D eigenvalue weighted by Gasteiger charge is -2.26. The van der Waals surface area contributed by atoms with Gasteiger partial charge in [0.15, 0.2) is 10.2 Å². The molecule has 0 spiro atoms. The summed E-state index contributed by atoms with van der Waals surface area (Å²) in [6.07, 6.45) is 2.76. The molecule has 1 aliphatic rings. The Labute approximate surface area is 216 Å². The minimum absolute atomic E-state index is 0.0681. The molecule has 1 saturated heterocycles. The van der Waals surface area contributed by atoms with Gasteiger partial charge < -0.3 is 20.0 Å². The molecule has 4 aromatic rings. The van der Waals surface area contributed by atoms with Crippen LogP contribution >= 0.6 is 24.0 Å². The van der Waals surface area contributed by atoms with Crippen molar-refractivity contribution >= 4 is 34.8 Å². The number of aryl methyl sites for hydroxylation is 1. The summed E-state index contributed by atoms with van der Waals surface area (Å²) in [4.78, 5) is 8.01. The van der Waals surface area contributed by atoms with E-state index in [0.29, 0.717) is 0 Å².